The van der Waals surface area contributed by atoms with E-state index in [9.17, 15) is 20.2 Å². The number of nitro benzene ring substituents is 1. The topological polar surface area (TPSA) is 120 Å². The molecule has 0 heterocycles. The number of amides is 1. The van der Waals surface area contributed by atoms with Gasteiger partial charge in [-0.15, -0.1) is 0 Å². The van der Waals surface area contributed by atoms with Crippen LogP contribution in [0.25, 0.3) is 0 Å². The van der Waals surface area contributed by atoms with Crippen LogP contribution in [0, 0.1) is 38.2 Å². The van der Waals surface area contributed by atoms with Crippen molar-refractivity contribution in [2.45, 2.75) is 25.7 Å². The molecule has 0 unspecified atom stereocenters. The predicted octanol–water partition coefficient (Wildman–Crippen LogP) is 2.49. The van der Waals surface area contributed by atoms with Crippen molar-refractivity contribution < 1.29 is 9.72 Å². The van der Waals surface area contributed by atoms with Crippen molar-refractivity contribution in [1.82, 2.24) is 0 Å². The van der Waals surface area contributed by atoms with Crippen LogP contribution in [-0.2, 0) is 4.79 Å². The third-order valence-electron chi connectivity index (χ3n) is 3.68. The van der Waals surface area contributed by atoms with Gasteiger partial charge in [0, 0.05) is 6.07 Å². The molecule has 0 radical (unpaired) electrons. The van der Waals surface area contributed by atoms with Crippen LogP contribution in [0.2, 0.25) is 0 Å². The maximum atomic E-state index is 12.3. The van der Waals surface area contributed by atoms with Crippen LogP contribution in [0.15, 0.2) is 18.2 Å². The molecule has 1 aromatic rings. The Morgan fingerprint density at radius 3 is 2.52 bits per heavy atom. The molecule has 0 atom stereocenters. The van der Waals surface area contributed by atoms with E-state index in [1.165, 1.54) is 12.1 Å². The summed E-state index contributed by atoms with van der Waals surface area (Å²) in [6.45, 7) is 0. The number of hydrogen-bond acceptors (Lipinski definition) is 5. The minimum absolute atomic E-state index is 0.00512. The summed E-state index contributed by atoms with van der Waals surface area (Å²) in [5.74, 6) is -0.518. The first-order valence-corrected chi connectivity index (χ1v) is 6.44. The molecular formula is C14H12N4O3. The molecule has 1 aliphatic carbocycles. The molecule has 21 heavy (non-hydrogen) atoms. The lowest BCUT2D eigenvalue weighted by Crippen LogP contribution is -2.32. The number of rotatable bonds is 3. The molecule has 1 saturated carbocycles. The van der Waals surface area contributed by atoms with Gasteiger partial charge in [0.2, 0.25) is 5.91 Å². The summed E-state index contributed by atoms with van der Waals surface area (Å²) in [5, 5.41) is 31.5. The van der Waals surface area contributed by atoms with Gasteiger partial charge in [0.25, 0.3) is 5.69 Å². The number of nitrogens with zero attached hydrogens (tertiary/aromatic N) is 3. The largest absolute Gasteiger partial charge is 0.319 e. The summed E-state index contributed by atoms with van der Waals surface area (Å²) in [7, 11) is 0. The number of carbonyl (C=O) groups is 1. The SMILES string of the molecule is N#Cc1ccc(NC(=O)C2(C#N)CCCC2)c([N+](=O)[O-])c1. The molecule has 0 spiro atoms. The van der Waals surface area contributed by atoms with E-state index in [2.05, 4.69) is 5.32 Å². The van der Waals surface area contributed by atoms with E-state index in [0.29, 0.717) is 12.8 Å². The fourth-order valence-electron chi connectivity index (χ4n) is 2.47. The number of nitro groups is 1. The Hall–Kier alpha value is -2.93. The first-order chi connectivity index (χ1) is 10.0. The Bertz CT molecular complexity index is 678. The second-order valence-corrected chi connectivity index (χ2v) is 4.96. The molecule has 1 amide bonds. The summed E-state index contributed by atoms with van der Waals surface area (Å²) in [4.78, 5) is 22.6. The fourth-order valence-corrected chi connectivity index (χ4v) is 2.47. The fraction of sp³-hybridized carbons (Fsp3) is 0.357. The third kappa shape index (κ3) is 2.67. The molecule has 7 nitrogen and oxygen atoms in total. The average Bonchev–Trinajstić information content (AvgIpc) is 2.97. The predicted molar refractivity (Wildman–Crippen MR) is 73.0 cm³/mol. The van der Waals surface area contributed by atoms with Gasteiger partial charge in [-0.25, -0.2) is 0 Å². The van der Waals surface area contributed by atoms with Crippen molar-refractivity contribution in [3.05, 3.63) is 33.9 Å². The van der Waals surface area contributed by atoms with Crippen molar-refractivity contribution in [2.75, 3.05) is 5.32 Å². The number of anilines is 1. The van der Waals surface area contributed by atoms with Crippen LogP contribution in [0.4, 0.5) is 11.4 Å². The van der Waals surface area contributed by atoms with Gasteiger partial charge in [0.05, 0.1) is 22.6 Å². The van der Waals surface area contributed by atoms with E-state index in [1.54, 1.807) is 0 Å². The molecule has 0 bridgehead atoms. The summed E-state index contributed by atoms with van der Waals surface area (Å²) in [6.07, 6.45) is 2.49. The summed E-state index contributed by atoms with van der Waals surface area (Å²) >= 11 is 0. The van der Waals surface area contributed by atoms with Gasteiger partial charge in [-0.1, -0.05) is 12.8 Å². The average molecular weight is 284 g/mol. The maximum absolute atomic E-state index is 12.3. The molecule has 7 heteroatoms. The van der Waals surface area contributed by atoms with Gasteiger partial charge in [-0.3, -0.25) is 14.9 Å². The van der Waals surface area contributed by atoms with E-state index in [-0.39, 0.29) is 16.9 Å². The smallest absolute Gasteiger partial charge is 0.294 e. The van der Waals surface area contributed by atoms with Crippen LogP contribution in [0.3, 0.4) is 0 Å². The van der Waals surface area contributed by atoms with Crippen LogP contribution >= 0.6 is 0 Å². The molecule has 0 saturated heterocycles. The minimum atomic E-state index is -1.11. The Balaban J connectivity index is 2.32. The highest BCUT2D eigenvalue weighted by Gasteiger charge is 2.42. The number of nitriles is 2. The van der Waals surface area contributed by atoms with E-state index in [1.807, 2.05) is 12.1 Å². The molecule has 2 rings (SSSR count). The summed E-state index contributed by atoms with van der Waals surface area (Å²) in [6, 6.07) is 7.64. The van der Waals surface area contributed by atoms with Gasteiger partial charge in [0.1, 0.15) is 11.1 Å². The minimum Gasteiger partial charge on any atom is -0.319 e. The van der Waals surface area contributed by atoms with Crippen molar-refractivity contribution in [3.63, 3.8) is 0 Å². The zero-order chi connectivity index (χ0) is 15.5. The molecule has 1 fully saturated rings. The molecule has 1 aliphatic rings. The zero-order valence-corrected chi connectivity index (χ0v) is 11.1. The molecule has 106 valence electrons. The van der Waals surface area contributed by atoms with Crippen LogP contribution in [-0.4, -0.2) is 10.8 Å². The molecule has 1 N–H and O–H groups in total. The van der Waals surface area contributed by atoms with E-state index < -0.39 is 16.2 Å². The van der Waals surface area contributed by atoms with Crippen LogP contribution in [0.5, 0.6) is 0 Å². The monoisotopic (exact) mass is 284 g/mol. The first kappa shape index (κ1) is 14.5. The van der Waals surface area contributed by atoms with Gasteiger partial charge < -0.3 is 5.32 Å². The molecule has 0 aromatic heterocycles. The standard InChI is InChI=1S/C14H12N4O3/c15-8-10-3-4-11(12(7-10)18(20)21)17-13(19)14(9-16)5-1-2-6-14/h3-4,7H,1-2,5-6H2,(H,17,19). The van der Waals surface area contributed by atoms with Gasteiger partial charge in [-0.2, -0.15) is 10.5 Å². The second kappa shape index (κ2) is 5.59. The summed E-state index contributed by atoms with van der Waals surface area (Å²) < 4.78 is 0. The zero-order valence-electron chi connectivity index (χ0n) is 11.1. The van der Waals surface area contributed by atoms with E-state index >= 15 is 0 Å². The van der Waals surface area contributed by atoms with Gasteiger partial charge in [0.15, 0.2) is 0 Å². The van der Waals surface area contributed by atoms with Crippen LogP contribution in [0.1, 0.15) is 31.2 Å². The third-order valence-corrected chi connectivity index (χ3v) is 3.68. The Morgan fingerprint density at radius 2 is 2.00 bits per heavy atom. The first-order valence-electron chi connectivity index (χ1n) is 6.44. The van der Waals surface area contributed by atoms with Crippen molar-refractivity contribution in [2.24, 2.45) is 5.41 Å². The molecule has 1 aromatic carbocycles. The number of benzene rings is 1. The van der Waals surface area contributed by atoms with Crippen molar-refractivity contribution >= 4 is 17.3 Å². The normalized spacial score (nSPS) is 15.7. The van der Waals surface area contributed by atoms with Crippen molar-refractivity contribution in [1.29, 1.82) is 10.5 Å². The van der Waals surface area contributed by atoms with Crippen molar-refractivity contribution in [3.8, 4) is 12.1 Å². The van der Waals surface area contributed by atoms with Gasteiger partial charge >= 0.3 is 0 Å². The lowest BCUT2D eigenvalue weighted by Gasteiger charge is -2.19. The lowest BCUT2D eigenvalue weighted by atomic mass is 9.87. The Morgan fingerprint density at radius 1 is 1.33 bits per heavy atom. The van der Waals surface area contributed by atoms with E-state index in [4.69, 9.17) is 5.26 Å². The number of hydrogen-bond donors (Lipinski definition) is 1. The number of carbonyl (C=O) groups excluding carboxylic acids is 1. The highest BCUT2D eigenvalue weighted by molar-refractivity contribution is 5.99. The van der Waals surface area contributed by atoms with E-state index in [0.717, 1.165) is 18.9 Å². The highest BCUT2D eigenvalue weighted by atomic mass is 16.6. The number of nitrogens with one attached hydrogen (secondary N) is 1. The Kier molecular flexibility index (Phi) is 3.86. The maximum Gasteiger partial charge on any atom is 0.294 e. The van der Waals surface area contributed by atoms with Crippen LogP contribution < -0.4 is 5.32 Å². The summed E-state index contributed by atoms with van der Waals surface area (Å²) in [5.41, 5.74) is -1.32. The Labute approximate surface area is 120 Å². The quantitative estimate of drug-likeness (QED) is 0.675. The molecular weight excluding hydrogens is 272 g/mol. The second-order valence-electron chi connectivity index (χ2n) is 4.96. The lowest BCUT2D eigenvalue weighted by molar-refractivity contribution is -0.384. The van der Waals surface area contributed by atoms with Gasteiger partial charge in [-0.05, 0) is 25.0 Å². The molecule has 0 aliphatic heterocycles. The highest BCUT2D eigenvalue weighted by Crippen LogP contribution is 2.39.